The zero-order valence-electron chi connectivity index (χ0n) is 13.3. The second-order valence-electron chi connectivity index (χ2n) is 5.38. The Kier molecular flexibility index (Phi) is 8.22. The van der Waals surface area contributed by atoms with E-state index in [9.17, 15) is 9.59 Å². The molecular formula is C17H26N2O3. The number of amides is 1. The third kappa shape index (κ3) is 6.26. The van der Waals surface area contributed by atoms with Gasteiger partial charge in [-0.1, -0.05) is 57.0 Å². The summed E-state index contributed by atoms with van der Waals surface area (Å²) in [5, 5.41) is 14.9. The van der Waals surface area contributed by atoms with Gasteiger partial charge in [0.1, 0.15) is 6.04 Å². The van der Waals surface area contributed by atoms with Gasteiger partial charge in [0.2, 0.25) is 5.91 Å². The molecule has 0 bridgehead atoms. The molecular weight excluding hydrogens is 280 g/mol. The van der Waals surface area contributed by atoms with Crippen LogP contribution in [0.2, 0.25) is 0 Å². The van der Waals surface area contributed by atoms with Gasteiger partial charge in [0.05, 0.1) is 12.6 Å². The average Bonchev–Trinajstić information content (AvgIpc) is 2.51. The quantitative estimate of drug-likeness (QED) is 0.620. The number of rotatable bonds is 10. The van der Waals surface area contributed by atoms with Crippen molar-refractivity contribution in [2.24, 2.45) is 0 Å². The first-order valence-corrected chi connectivity index (χ1v) is 7.89. The molecule has 0 radical (unpaired) electrons. The van der Waals surface area contributed by atoms with Crippen LogP contribution < -0.4 is 10.6 Å². The second kappa shape index (κ2) is 9.95. The average molecular weight is 306 g/mol. The number of carbonyl (C=O) groups is 2. The van der Waals surface area contributed by atoms with Crippen molar-refractivity contribution < 1.29 is 14.7 Å². The maximum Gasteiger partial charge on any atom is 0.320 e. The van der Waals surface area contributed by atoms with Gasteiger partial charge in [-0.15, -0.1) is 0 Å². The molecule has 0 spiro atoms. The normalized spacial score (nSPS) is 13.4. The molecule has 5 nitrogen and oxygen atoms in total. The third-order valence-electron chi connectivity index (χ3n) is 3.50. The number of carboxylic acids is 1. The van der Waals surface area contributed by atoms with Gasteiger partial charge in [-0.25, -0.2) is 0 Å². The van der Waals surface area contributed by atoms with Crippen molar-refractivity contribution in [2.75, 3.05) is 6.54 Å². The zero-order valence-corrected chi connectivity index (χ0v) is 13.3. The van der Waals surface area contributed by atoms with Crippen LogP contribution in [0.25, 0.3) is 0 Å². The summed E-state index contributed by atoms with van der Waals surface area (Å²) in [5.41, 5.74) is 1.07. The van der Waals surface area contributed by atoms with Crippen molar-refractivity contribution in [1.82, 2.24) is 10.6 Å². The van der Waals surface area contributed by atoms with Crippen molar-refractivity contribution in [1.29, 1.82) is 0 Å². The Labute approximate surface area is 132 Å². The van der Waals surface area contributed by atoms with E-state index in [4.69, 9.17) is 5.11 Å². The highest BCUT2D eigenvalue weighted by Crippen LogP contribution is 2.17. The number of nitrogens with one attached hydrogen (secondary N) is 2. The lowest BCUT2D eigenvalue weighted by atomic mass is 10.0. The molecule has 22 heavy (non-hydrogen) atoms. The Morgan fingerprint density at radius 2 is 1.73 bits per heavy atom. The first-order valence-electron chi connectivity index (χ1n) is 7.89. The number of benzene rings is 1. The molecule has 0 fully saturated rings. The standard InChI is InChI=1S/C17H26N2O3/c1-3-8-14(13-10-6-5-7-11-13)19-16(20)12-18-15(9-4-2)17(21)22/h5-7,10-11,14-15,18H,3-4,8-9,12H2,1-2H3,(H,19,20)(H,21,22). The van der Waals surface area contributed by atoms with Gasteiger partial charge in [0.25, 0.3) is 0 Å². The van der Waals surface area contributed by atoms with E-state index in [1.165, 1.54) is 0 Å². The van der Waals surface area contributed by atoms with Crippen LogP contribution in [0.15, 0.2) is 30.3 Å². The molecule has 5 heteroatoms. The van der Waals surface area contributed by atoms with E-state index in [1.54, 1.807) is 0 Å². The number of hydrogen-bond acceptors (Lipinski definition) is 3. The van der Waals surface area contributed by atoms with Gasteiger partial charge in [0, 0.05) is 0 Å². The molecule has 0 aliphatic heterocycles. The molecule has 3 N–H and O–H groups in total. The lowest BCUT2D eigenvalue weighted by Crippen LogP contribution is -2.43. The first kappa shape index (κ1) is 18.2. The van der Waals surface area contributed by atoms with Gasteiger partial charge in [-0.3, -0.25) is 14.9 Å². The van der Waals surface area contributed by atoms with Gasteiger partial charge in [0.15, 0.2) is 0 Å². The minimum absolute atomic E-state index is 0.0179. The van der Waals surface area contributed by atoms with Crippen LogP contribution in [0.5, 0.6) is 0 Å². The Hall–Kier alpha value is -1.88. The van der Waals surface area contributed by atoms with Crippen molar-refractivity contribution in [3.05, 3.63) is 35.9 Å². The van der Waals surface area contributed by atoms with Crippen molar-refractivity contribution in [3.8, 4) is 0 Å². The van der Waals surface area contributed by atoms with Gasteiger partial charge in [-0.05, 0) is 18.4 Å². The van der Waals surface area contributed by atoms with Gasteiger partial charge in [-0.2, -0.15) is 0 Å². The fraction of sp³-hybridized carbons (Fsp3) is 0.529. The molecule has 1 aromatic carbocycles. The smallest absolute Gasteiger partial charge is 0.320 e. The molecule has 0 aromatic heterocycles. The zero-order chi connectivity index (χ0) is 16.4. The minimum atomic E-state index is -0.914. The first-order chi connectivity index (χ1) is 10.6. The van der Waals surface area contributed by atoms with Crippen molar-refractivity contribution >= 4 is 11.9 Å². The number of carboxylic acid groups (broad SMARTS) is 1. The largest absolute Gasteiger partial charge is 0.480 e. The predicted octanol–water partition coefficient (Wildman–Crippen LogP) is 2.49. The van der Waals surface area contributed by atoms with E-state index in [0.29, 0.717) is 6.42 Å². The van der Waals surface area contributed by atoms with Gasteiger partial charge < -0.3 is 10.4 Å². The lowest BCUT2D eigenvalue weighted by Gasteiger charge is -2.20. The Balaban J connectivity index is 2.55. The van der Waals surface area contributed by atoms with Crippen molar-refractivity contribution in [3.63, 3.8) is 0 Å². The van der Waals surface area contributed by atoms with Crippen LogP contribution in [-0.4, -0.2) is 29.6 Å². The van der Waals surface area contributed by atoms with Crippen LogP contribution in [0.1, 0.15) is 51.1 Å². The van der Waals surface area contributed by atoms with E-state index in [2.05, 4.69) is 17.6 Å². The molecule has 1 rings (SSSR count). The van der Waals surface area contributed by atoms with E-state index < -0.39 is 12.0 Å². The second-order valence-corrected chi connectivity index (χ2v) is 5.38. The minimum Gasteiger partial charge on any atom is -0.480 e. The van der Waals surface area contributed by atoms with Crippen LogP contribution in [0.4, 0.5) is 0 Å². The highest BCUT2D eigenvalue weighted by molar-refractivity contribution is 5.80. The fourth-order valence-electron chi connectivity index (χ4n) is 2.36. The fourth-order valence-corrected chi connectivity index (χ4v) is 2.36. The Morgan fingerprint density at radius 3 is 2.27 bits per heavy atom. The Morgan fingerprint density at radius 1 is 1.09 bits per heavy atom. The molecule has 1 amide bonds. The summed E-state index contributed by atoms with van der Waals surface area (Å²) in [4.78, 5) is 23.1. The third-order valence-corrected chi connectivity index (χ3v) is 3.50. The monoisotopic (exact) mass is 306 g/mol. The molecule has 122 valence electrons. The van der Waals surface area contributed by atoms with Crippen LogP contribution in [0, 0.1) is 0 Å². The molecule has 2 atom stereocenters. The van der Waals surface area contributed by atoms with E-state index in [-0.39, 0.29) is 18.5 Å². The van der Waals surface area contributed by atoms with Crippen LogP contribution >= 0.6 is 0 Å². The highest BCUT2D eigenvalue weighted by Gasteiger charge is 2.18. The molecule has 0 saturated carbocycles. The molecule has 0 aliphatic rings. The summed E-state index contributed by atoms with van der Waals surface area (Å²) in [6, 6.07) is 9.12. The molecule has 0 aliphatic carbocycles. The number of carbonyl (C=O) groups excluding carboxylic acids is 1. The summed E-state index contributed by atoms with van der Waals surface area (Å²) >= 11 is 0. The Bertz CT molecular complexity index is 462. The van der Waals surface area contributed by atoms with Crippen LogP contribution in [0.3, 0.4) is 0 Å². The van der Waals surface area contributed by atoms with Crippen LogP contribution in [-0.2, 0) is 9.59 Å². The van der Waals surface area contributed by atoms with E-state index in [1.807, 2.05) is 37.3 Å². The lowest BCUT2D eigenvalue weighted by molar-refractivity contribution is -0.139. The summed E-state index contributed by atoms with van der Waals surface area (Å²) in [6.07, 6.45) is 3.08. The molecule has 2 unspecified atom stereocenters. The summed E-state index contributed by atoms with van der Waals surface area (Å²) in [7, 11) is 0. The molecule has 1 aromatic rings. The number of aliphatic carboxylic acids is 1. The van der Waals surface area contributed by atoms with E-state index >= 15 is 0 Å². The summed E-state index contributed by atoms with van der Waals surface area (Å²) < 4.78 is 0. The topological polar surface area (TPSA) is 78.4 Å². The van der Waals surface area contributed by atoms with Gasteiger partial charge >= 0.3 is 5.97 Å². The summed E-state index contributed by atoms with van der Waals surface area (Å²) in [5.74, 6) is -1.09. The number of hydrogen-bond donors (Lipinski definition) is 3. The SMILES string of the molecule is CCCC(NCC(=O)NC(CCC)c1ccccc1)C(=O)O. The maximum absolute atomic E-state index is 12.1. The summed E-state index contributed by atoms with van der Waals surface area (Å²) in [6.45, 7) is 4.01. The molecule has 0 heterocycles. The highest BCUT2D eigenvalue weighted by atomic mass is 16.4. The molecule has 0 saturated heterocycles. The van der Waals surface area contributed by atoms with Crippen molar-refractivity contribution in [2.45, 2.75) is 51.6 Å². The van der Waals surface area contributed by atoms with E-state index in [0.717, 1.165) is 24.8 Å². The maximum atomic E-state index is 12.1. The predicted molar refractivity (Wildman–Crippen MR) is 86.6 cm³/mol.